The van der Waals surface area contributed by atoms with E-state index >= 15 is 0 Å². The Morgan fingerprint density at radius 1 is 0.700 bits per heavy atom. The van der Waals surface area contributed by atoms with Crippen molar-refractivity contribution in [3.8, 4) is 28.7 Å². The summed E-state index contributed by atoms with van der Waals surface area (Å²) in [7, 11) is 0. The first kappa shape index (κ1) is 28.8. The molecule has 4 aromatic carbocycles. The highest BCUT2D eigenvalue weighted by Gasteiger charge is 2.14. The lowest BCUT2D eigenvalue weighted by Crippen LogP contribution is -2.08. The quantitative estimate of drug-likeness (QED) is 0.112. The van der Waals surface area contributed by atoms with Gasteiger partial charge in [0.1, 0.15) is 35.4 Å². The maximum absolute atomic E-state index is 11.7. The predicted octanol–water partition coefficient (Wildman–Crippen LogP) is 8.54. The molecule has 4 rings (SSSR count). The van der Waals surface area contributed by atoms with Gasteiger partial charge in [-0.1, -0.05) is 74.9 Å². The summed E-state index contributed by atoms with van der Waals surface area (Å²) in [5.41, 5.74) is 4.71. The minimum absolute atomic E-state index is 0.382. The van der Waals surface area contributed by atoms with Crippen LogP contribution in [0.4, 0.5) is 0 Å². The molecule has 0 radical (unpaired) electrons. The summed E-state index contributed by atoms with van der Waals surface area (Å²) in [6.45, 7) is 7.62. The Morgan fingerprint density at radius 2 is 1.40 bits per heavy atom. The average molecular weight is 539 g/mol. The molecule has 0 amide bonds. The van der Waals surface area contributed by atoms with Crippen LogP contribution in [0.1, 0.15) is 59.3 Å². The zero-order valence-electron chi connectivity index (χ0n) is 23.7. The van der Waals surface area contributed by atoms with E-state index in [1.54, 1.807) is 0 Å². The lowest BCUT2D eigenvalue weighted by molar-refractivity contribution is 0.111. The van der Waals surface area contributed by atoms with Crippen molar-refractivity contribution >= 4 is 6.29 Å². The van der Waals surface area contributed by atoms with Crippen molar-refractivity contribution in [2.45, 2.75) is 53.1 Å². The summed E-state index contributed by atoms with van der Waals surface area (Å²) in [4.78, 5) is 11.7. The molecule has 4 aromatic rings. The fourth-order valence-electron chi connectivity index (χ4n) is 4.47. The van der Waals surface area contributed by atoms with Gasteiger partial charge < -0.3 is 18.9 Å². The standard InChI is InChI=1S/C35H38O5/c1-4-13-30-32(18-11-19-33(30)40-31-17-10-9-14-26(31)3)37-20-12-21-38-34-23-35(29(24-36)22-28(34)5-2)39-25-27-15-7-6-8-16-27/h6-11,14-19,22-24H,4-5,12-13,20-21,25H2,1-3H3. The fourth-order valence-corrected chi connectivity index (χ4v) is 4.47. The van der Waals surface area contributed by atoms with Crippen LogP contribution in [0.2, 0.25) is 0 Å². The number of para-hydroxylation sites is 1. The highest BCUT2D eigenvalue weighted by Crippen LogP contribution is 2.34. The molecule has 0 spiro atoms. The molecular formula is C35H38O5. The number of ether oxygens (including phenoxy) is 4. The van der Waals surface area contributed by atoms with Gasteiger partial charge in [-0.15, -0.1) is 0 Å². The van der Waals surface area contributed by atoms with Gasteiger partial charge in [-0.2, -0.15) is 0 Å². The molecule has 0 aromatic heterocycles. The van der Waals surface area contributed by atoms with Crippen molar-refractivity contribution in [3.05, 3.63) is 113 Å². The molecule has 0 aliphatic carbocycles. The summed E-state index contributed by atoms with van der Waals surface area (Å²) in [6.07, 6.45) is 4.14. The second-order valence-electron chi connectivity index (χ2n) is 9.64. The molecular weight excluding hydrogens is 500 g/mol. The minimum atomic E-state index is 0.382. The van der Waals surface area contributed by atoms with E-state index in [2.05, 4.69) is 6.92 Å². The number of carbonyl (C=O) groups excluding carboxylic acids is 1. The van der Waals surface area contributed by atoms with E-state index in [0.717, 1.165) is 70.8 Å². The third-order valence-corrected chi connectivity index (χ3v) is 6.65. The van der Waals surface area contributed by atoms with Gasteiger partial charge in [-0.3, -0.25) is 4.79 Å². The Hall–Kier alpha value is -4.25. The molecule has 0 aliphatic heterocycles. The number of carbonyl (C=O) groups is 1. The number of hydrogen-bond acceptors (Lipinski definition) is 5. The maximum atomic E-state index is 11.7. The number of benzene rings is 4. The number of hydrogen-bond donors (Lipinski definition) is 0. The Kier molecular flexibility index (Phi) is 10.6. The van der Waals surface area contributed by atoms with Gasteiger partial charge in [0.05, 0.1) is 18.8 Å². The van der Waals surface area contributed by atoms with Crippen molar-refractivity contribution in [3.63, 3.8) is 0 Å². The molecule has 0 saturated heterocycles. The van der Waals surface area contributed by atoms with Crippen LogP contribution in [-0.4, -0.2) is 19.5 Å². The van der Waals surface area contributed by atoms with E-state index in [1.165, 1.54) is 0 Å². The Labute approximate surface area is 237 Å². The van der Waals surface area contributed by atoms with Gasteiger partial charge in [0.15, 0.2) is 6.29 Å². The van der Waals surface area contributed by atoms with Crippen LogP contribution >= 0.6 is 0 Å². The van der Waals surface area contributed by atoms with Crippen molar-refractivity contribution in [2.75, 3.05) is 13.2 Å². The SMILES string of the molecule is CCCc1c(OCCCOc2cc(OCc3ccccc3)c(C=O)cc2CC)cccc1Oc1ccccc1C. The maximum Gasteiger partial charge on any atom is 0.153 e. The van der Waals surface area contributed by atoms with E-state index in [1.807, 2.05) is 98.8 Å². The normalized spacial score (nSPS) is 10.7. The number of aldehydes is 1. The zero-order chi connectivity index (χ0) is 28.2. The third kappa shape index (κ3) is 7.66. The molecule has 0 aliphatic rings. The summed E-state index contributed by atoms with van der Waals surface area (Å²) < 4.78 is 24.6. The summed E-state index contributed by atoms with van der Waals surface area (Å²) >= 11 is 0. The highest BCUT2D eigenvalue weighted by molar-refractivity contribution is 5.80. The van der Waals surface area contributed by atoms with Crippen LogP contribution in [0.15, 0.2) is 84.9 Å². The van der Waals surface area contributed by atoms with Gasteiger partial charge in [-0.25, -0.2) is 0 Å². The molecule has 0 unspecified atom stereocenters. The monoisotopic (exact) mass is 538 g/mol. The first-order valence-corrected chi connectivity index (χ1v) is 14.0. The van der Waals surface area contributed by atoms with Crippen LogP contribution in [0, 0.1) is 6.92 Å². The largest absolute Gasteiger partial charge is 0.493 e. The lowest BCUT2D eigenvalue weighted by atomic mass is 10.1. The lowest BCUT2D eigenvalue weighted by Gasteiger charge is -2.17. The van der Waals surface area contributed by atoms with Gasteiger partial charge in [0, 0.05) is 18.1 Å². The number of aryl methyl sites for hydroxylation is 2. The van der Waals surface area contributed by atoms with Crippen LogP contribution in [0.3, 0.4) is 0 Å². The molecule has 0 saturated carbocycles. The molecule has 0 heterocycles. The highest BCUT2D eigenvalue weighted by atomic mass is 16.5. The molecule has 40 heavy (non-hydrogen) atoms. The number of rotatable bonds is 15. The topological polar surface area (TPSA) is 54.0 Å². The summed E-state index contributed by atoms with van der Waals surface area (Å²) in [5.74, 6) is 3.78. The molecule has 208 valence electrons. The Bertz CT molecular complexity index is 1380. The van der Waals surface area contributed by atoms with Gasteiger partial charge in [0.2, 0.25) is 0 Å². The van der Waals surface area contributed by atoms with Crippen LogP contribution in [-0.2, 0) is 19.4 Å². The third-order valence-electron chi connectivity index (χ3n) is 6.65. The van der Waals surface area contributed by atoms with E-state index in [0.29, 0.717) is 37.6 Å². The van der Waals surface area contributed by atoms with Crippen molar-refractivity contribution in [1.82, 2.24) is 0 Å². The molecule has 0 fully saturated rings. The first-order valence-electron chi connectivity index (χ1n) is 14.0. The molecule has 5 heteroatoms. The van der Waals surface area contributed by atoms with Crippen molar-refractivity contribution < 1.29 is 23.7 Å². The van der Waals surface area contributed by atoms with E-state index < -0.39 is 0 Å². The Balaban J connectivity index is 1.37. The van der Waals surface area contributed by atoms with Crippen LogP contribution in [0.25, 0.3) is 0 Å². The average Bonchev–Trinajstić information content (AvgIpc) is 2.99. The van der Waals surface area contributed by atoms with Gasteiger partial charge in [-0.05, 0) is 60.7 Å². The minimum Gasteiger partial charge on any atom is -0.493 e. The molecule has 0 bridgehead atoms. The smallest absolute Gasteiger partial charge is 0.153 e. The summed E-state index contributed by atoms with van der Waals surface area (Å²) in [6, 6.07) is 27.6. The van der Waals surface area contributed by atoms with Crippen molar-refractivity contribution in [1.29, 1.82) is 0 Å². The molecule has 0 atom stereocenters. The van der Waals surface area contributed by atoms with Crippen LogP contribution in [0.5, 0.6) is 28.7 Å². The van der Waals surface area contributed by atoms with Gasteiger partial charge >= 0.3 is 0 Å². The molecule has 0 N–H and O–H groups in total. The Morgan fingerprint density at radius 3 is 2.12 bits per heavy atom. The van der Waals surface area contributed by atoms with E-state index in [4.69, 9.17) is 18.9 Å². The molecule has 5 nitrogen and oxygen atoms in total. The second kappa shape index (κ2) is 14.8. The van der Waals surface area contributed by atoms with Crippen molar-refractivity contribution in [2.24, 2.45) is 0 Å². The van der Waals surface area contributed by atoms with E-state index in [-0.39, 0.29) is 0 Å². The summed E-state index contributed by atoms with van der Waals surface area (Å²) in [5, 5.41) is 0. The zero-order valence-corrected chi connectivity index (χ0v) is 23.7. The second-order valence-corrected chi connectivity index (χ2v) is 9.64. The van der Waals surface area contributed by atoms with Crippen LogP contribution < -0.4 is 18.9 Å². The fraction of sp³-hybridized carbons (Fsp3) is 0.286. The van der Waals surface area contributed by atoms with E-state index in [9.17, 15) is 4.79 Å². The first-order chi connectivity index (χ1) is 19.6. The van der Waals surface area contributed by atoms with Gasteiger partial charge in [0.25, 0.3) is 0 Å². The predicted molar refractivity (Wildman–Crippen MR) is 159 cm³/mol.